The van der Waals surface area contributed by atoms with E-state index in [9.17, 15) is 23.4 Å². The number of aromatic nitrogens is 2. The Bertz CT molecular complexity index is 1180. The first-order valence-electron chi connectivity index (χ1n) is 13.3. The Labute approximate surface area is 220 Å². The molecule has 1 aromatic rings. The van der Waals surface area contributed by atoms with Gasteiger partial charge in [-0.1, -0.05) is 6.08 Å². The summed E-state index contributed by atoms with van der Waals surface area (Å²) in [5, 5.41) is 16.9. The summed E-state index contributed by atoms with van der Waals surface area (Å²) in [6.07, 6.45) is 5.36. The van der Waals surface area contributed by atoms with Crippen molar-refractivity contribution in [3.63, 3.8) is 0 Å². The molecular formula is C27H35F3N6O2. The van der Waals surface area contributed by atoms with Gasteiger partial charge < -0.3 is 19.9 Å². The number of allylic oxidation sites excluding steroid dienone is 2. The summed E-state index contributed by atoms with van der Waals surface area (Å²) in [6, 6.07) is -0.367. The van der Waals surface area contributed by atoms with Crippen LogP contribution in [0.15, 0.2) is 41.4 Å². The van der Waals surface area contributed by atoms with Gasteiger partial charge >= 0.3 is 6.18 Å². The summed E-state index contributed by atoms with van der Waals surface area (Å²) >= 11 is 0. The SMILES string of the molecule is CC(=O)N1CCC(NC2CCOCC2)=C(C(=N)N2CCCC3C=C(c4cnn(C)c4)C(C(F)(F)F)=CC32)C1. The van der Waals surface area contributed by atoms with Crippen molar-refractivity contribution in [1.82, 2.24) is 24.9 Å². The summed E-state index contributed by atoms with van der Waals surface area (Å²) in [4.78, 5) is 15.7. The van der Waals surface area contributed by atoms with Crippen molar-refractivity contribution in [3.05, 3.63) is 47.0 Å². The van der Waals surface area contributed by atoms with Crippen molar-refractivity contribution in [1.29, 1.82) is 5.41 Å². The van der Waals surface area contributed by atoms with Crippen molar-refractivity contribution >= 4 is 17.3 Å². The molecule has 1 aliphatic carbocycles. The number of rotatable bonds is 4. The van der Waals surface area contributed by atoms with Crippen LogP contribution in [-0.2, 0) is 16.6 Å². The highest BCUT2D eigenvalue weighted by molar-refractivity contribution is 5.98. The number of hydrogen-bond donors (Lipinski definition) is 2. The minimum atomic E-state index is -4.54. The lowest BCUT2D eigenvalue weighted by molar-refractivity contribution is -0.128. The molecule has 1 aromatic heterocycles. The second kappa shape index (κ2) is 10.6. The van der Waals surface area contributed by atoms with Crippen LogP contribution in [0.4, 0.5) is 13.2 Å². The van der Waals surface area contributed by atoms with Gasteiger partial charge in [0, 0.05) is 81.7 Å². The van der Waals surface area contributed by atoms with Gasteiger partial charge in [-0.3, -0.25) is 14.9 Å². The van der Waals surface area contributed by atoms with Crippen molar-refractivity contribution in [3.8, 4) is 0 Å². The molecule has 2 N–H and O–H groups in total. The third-order valence-electron chi connectivity index (χ3n) is 8.03. The summed E-state index contributed by atoms with van der Waals surface area (Å²) in [5.41, 5.74) is 1.53. The molecule has 11 heteroatoms. The average molecular weight is 533 g/mol. The fourth-order valence-corrected chi connectivity index (χ4v) is 6.00. The molecule has 0 bridgehead atoms. The Morgan fingerprint density at radius 2 is 1.95 bits per heavy atom. The van der Waals surface area contributed by atoms with Crippen LogP contribution < -0.4 is 5.32 Å². The summed E-state index contributed by atoms with van der Waals surface area (Å²) in [6.45, 7) is 4.18. The highest BCUT2D eigenvalue weighted by Gasteiger charge is 2.44. The highest BCUT2D eigenvalue weighted by atomic mass is 19.4. The van der Waals surface area contributed by atoms with Gasteiger partial charge in [-0.2, -0.15) is 18.3 Å². The fourth-order valence-electron chi connectivity index (χ4n) is 6.00. The first-order chi connectivity index (χ1) is 18.1. The molecule has 3 aliphatic heterocycles. The van der Waals surface area contributed by atoms with E-state index in [0.29, 0.717) is 43.9 Å². The number of nitrogens with one attached hydrogen (secondary N) is 2. The van der Waals surface area contributed by atoms with E-state index in [1.165, 1.54) is 23.9 Å². The largest absolute Gasteiger partial charge is 0.416 e. The zero-order valence-electron chi connectivity index (χ0n) is 21.9. The van der Waals surface area contributed by atoms with E-state index in [2.05, 4.69) is 10.4 Å². The summed E-state index contributed by atoms with van der Waals surface area (Å²) in [7, 11) is 1.69. The Hall–Kier alpha value is -3.08. The lowest BCUT2D eigenvalue weighted by Gasteiger charge is -2.45. The second-order valence-electron chi connectivity index (χ2n) is 10.6. The minimum absolute atomic E-state index is 0.0714. The van der Waals surface area contributed by atoms with E-state index in [-0.39, 0.29) is 35.8 Å². The van der Waals surface area contributed by atoms with Crippen LogP contribution in [0, 0.1) is 11.3 Å². The zero-order chi connectivity index (χ0) is 27.0. The van der Waals surface area contributed by atoms with Gasteiger partial charge in [0.05, 0.1) is 24.4 Å². The number of piperidine rings is 1. The van der Waals surface area contributed by atoms with Crippen LogP contribution in [-0.4, -0.2) is 82.4 Å². The van der Waals surface area contributed by atoms with Crippen molar-refractivity contribution in [2.75, 3.05) is 32.8 Å². The zero-order valence-corrected chi connectivity index (χ0v) is 21.9. The third kappa shape index (κ3) is 5.39. The van der Waals surface area contributed by atoms with Crippen LogP contribution >= 0.6 is 0 Å². The van der Waals surface area contributed by atoms with E-state index < -0.39 is 17.8 Å². The standard InChI is InChI=1S/C27H35F3N6O2/c1-17(37)35-9-5-24(33-20-6-10-38-11-7-20)22(16-35)26(31)36-8-3-4-18-12-21(19-14-32-34(2)15-19)23(13-25(18)36)27(28,29)30/h12-15,18,20,25,31,33H,3-11,16H2,1-2H3. The van der Waals surface area contributed by atoms with Crippen LogP contribution in [0.3, 0.4) is 0 Å². The van der Waals surface area contributed by atoms with E-state index in [4.69, 9.17) is 4.74 Å². The summed E-state index contributed by atoms with van der Waals surface area (Å²) < 4.78 is 49.9. The second-order valence-corrected chi connectivity index (χ2v) is 10.6. The number of carbonyl (C=O) groups is 1. The minimum Gasteiger partial charge on any atom is -0.385 e. The number of nitrogens with zero attached hydrogens (tertiary/aromatic N) is 4. The molecule has 0 aromatic carbocycles. The molecule has 0 spiro atoms. The van der Waals surface area contributed by atoms with Gasteiger partial charge in [-0.25, -0.2) is 0 Å². The first kappa shape index (κ1) is 26.5. The van der Waals surface area contributed by atoms with Gasteiger partial charge in [0.2, 0.25) is 5.91 Å². The Morgan fingerprint density at radius 1 is 1.18 bits per heavy atom. The van der Waals surface area contributed by atoms with Crippen LogP contribution in [0.25, 0.3) is 5.57 Å². The molecule has 0 saturated carbocycles. The Morgan fingerprint density at radius 3 is 2.61 bits per heavy atom. The van der Waals surface area contributed by atoms with E-state index >= 15 is 0 Å². The maximum atomic E-state index is 14.3. The quantitative estimate of drug-likeness (QED) is 0.457. The monoisotopic (exact) mass is 532 g/mol. The molecular weight excluding hydrogens is 497 g/mol. The number of halogens is 3. The predicted octanol–water partition coefficient (Wildman–Crippen LogP) is 3.64. The maximum absolute atomic E-state index is 14.3. The van der Waals surface area contributed by atoms with Gasteiger partial charge in [-0.05, 0) is 37.3 Å². The van der Waals surface area contributed by atoms with Crippen molar-refractivity contribution in [2.24, 2.45) is 13.0 Å². The predicted molar refractivity (Wildman–Crippen MR) is 137 cm³/mol. The van der Waals surface area contributed by atoms with Crippen LogP contribution in [0.5, 0.6) is 0 Å². The van der Waals surface area contributed by atoms with E-state index in [1.54, 1.807) is 29.1 Å². The molecule has 4 heterocycles. The van der Waals surface area contributed by atoms with E-state index in [0.717, 1.165) is 31.4 Å². The number of fused-ring (bicyclic) bond motifs is 1. The number of alkyl halides is 3. The number of carbonyl (C=O) groups excluding carboxylic acids is 1. The molecule has 1 amide bonds. The summed E-state index contributed by atoms with van der Waals surface area (Å²) in [5.74, 6) is -0.0282. The van der Waals surface area contributed by atoms with Crippen molar-refractivity contribution in [2.45, 2.75) is 57.3 Å². The smallest absolute Gasteiger partial charge is 0.385 e. The molecule has 4 aliphatic rings. The van der Waals surface area contributed by atoms with E-state index in [1.807, 2.05) is 0 Å². The third-order valence-corrected chi connectivity index (χ3v) is 8.03. The Balaban J connectivity index is 1.48. The lowest BCUT2D eigenvalue weighted by atomic mass is 9.79. The molecule has 2 saturated heterocycles. The van der Waals surface area contributed by atoms with Gasteiger partial charge in [0.1, 0.15) is 5.84 Å². The Kier molecular flexibility index (Phi) is 7.39. The number of ether oxygens (including phenoxy) is 1. The first-order valence-corrected chi connectivity index (χ1v) is 13.3. The number of hydrogen-bond acceptors (Lipinski definition) is 5. The molecule has 38 heavy (non-hydrogen) atoms. The number of amides is 1. The maximum Gasteiger partial charge on any atom is 0.416 e. The molecule has 5 rings (SSSR count). The number of amidine groups is 1. The molecule has 2 atom stereocenters. The van der Waals surface area contributed by atoms with Gasteiger partial charge in [-0.15, -0.1) is 0 Å². The average Bonchev–Trinajstić information content (AvgIpc) is 3.33. The molecule has 2 unspecified atom stereocenters. The van der Waals surface area contributed by atoms with Crippen molar-refractivity contribution < 1.29 is 22.7 Å². The van der Waals surface area contributed by atoms with Crippen LogP contribution in [0.1, 0.15) is 44.6 Å². The van der Waals surface area contributed by atoms with Gasteiger partial charge in [0.25, 0.3) is 0 Å². The topological polar surface area (TPSA) is 86.5 Å². The molecule has 2 fully saturated rings. The molecule has 0 radical (unpaired) electrons. The lowest BCUT2D eigenvalue weighted by Crippen LogP contribution is -2.51. The van der Waals surface area contributed by atoms with Gasteiger partial charge in [0.15, 0.2) is 0 Å². The number of aryl methyl sites for hydroxylation is 1. The fraction of sp³-hybridized carbons (Fsp3) is 0.593. The molecule has 206 valence electrons. The number of likely N-dealkylation sites (tertiary alicyclic amines) is 1. The highest BCUT2D eigenvalue weighted by Crippen LogP contribution is 2.44. The normalized spacial score (nSPS) is 25.1. The molecule has 8 nitrogen and oxygen atoms in total. The van der Waals surface area contributed by atoms with Crippen LogP contribution in [0.2, 0.25) is 0 Å².